The van der Waals surface area contributed by atoms with Crippen molar-refractivity contribution in [3.63, 3.8) is 0 Å². The Balaban J connectivity index is 1.91. The fourth-order valence-corrected chi connectivity index (χ4v) is 2.76. The van der Waals surface area contributed by atoms with Crippen LogP contribution in [0.25, 0.3) is 10.1 Å². The van der Waals surface area contributed by atoms with E-state index in [4.69, 9.17) is 5.11 Å². The number of amides is 1. The molecule has 0 bridgehead atoms. The van der Waals surface area contributed by atoms with E-state index in [1.807, 2.05) is 12.1 Å². The van der Waals surface area contributed by atoms with E-state index in [1.165, 1.54) is 15.6 Å². The van der Waals surface area contributed by atoms with Crippen molar-refractivity contribution < 1.29 is 14.7 Å². The molecule has 0 saturated heterocycles. The van der Waals surface area contributed by atoms with Gasteiger partial charge < -0.3 is 10.4 Å². The van der Waals surface area contributed by atoms with Gasteiger partial charge in [-0.2, -0.15) is 0 Å². The fourth-order valence-electron chi connectivity index (χ4n) is 1.76. The SMILES string of the molecule is O=C(O)CC(=O)NCCc1csc2ccccc12. The standard InChI is InChI=1S/C13H13NO3S/c15-12(7-13(16)17)14-6-5-9-8-18-11-4-2-1-3-10(9)11/h1-4,8H,5-7H2,(H,14,15)(H,16,17). The monoisotopic (exact) mass is 263 g/mol. The number of thiophene rings is 1. The molecule has 0 aliphatic heterocycles. The lowest BCUT2D eigenvalue weighted by atomic mass is 10.1. The van der Waals surface area contributed by atoms with Crippen molar-refractivity contribution in [3.05, 3.63) is 35.2 Å². The summed E-state index contributed by atoms with van der Waals surface area (Å²) in [6, 6.07) is 8.10. The van der Waals surface area contributed by atoms with E-state index in [-0.39, 0.29) is 0 Å². The number of rotatable bonds is 5. The minimum atomic E-state index is -1.10. The maximum absolute atomic E-state index is 11.2. The van der Waals surface area contributed by atoms with Gasteiger partial charge in [-0.05, 0) is 28.8 Å². The van der Waals surface area contributed by atoms with Crippen molar-refractivity contribution >= 4 is 33.3 Å². The van der Waals surface area contributed by atoms with Crippen LogP contribution in [0.15, 0.2) is 29.6 Å². The maximum atomic E-state index is 11.2. The highest BCUT2D eigenvalue weighted by Gasteiger charge is 2.07. The summed E-state index contributed by atoms with van der Waals surface area (Å²) in [6.45, 7) is 0.465. The summed E-state index contributed by atoms with van der Waals surface area (Å²) in [5.41, 5.74) is 1.19. The van der Waals surface area contributed by atoms with Gasteiger partial charge in [0.1, 0.15) is 6.42 Å². The van der Waals surface area contributed by atoms with E-state index < -0.39 is 18.3 Å². The van der Waals surface area contributed by atoms with Crippen molar-refractivity contribution in [1.82, 2.24) is 5.32 Å². The third-order valence-corrected chi connectivity index (χ3v) is 3.60. The Labute approximate surface area is 108 Å². The zero-order valence-corrected chi connectivity index (χ0v) is 10.5. The predicted molar refractivity (Wildman–Crippen MR) is 70.8 cm³/mol. The number of hydrogen-bond acceptors (Lipinski definition) is 3. The van der Waals surface area contributed by atoms with Gasteiger partial charge in [0, 0.05) is 11.2 Å². The van der Waals surface area contributed by atoms with Crippen molar-refractivity contribution in [3.8, 4) is 0 Å². The second-order valence-corrected chi connectivity index (χ2v) is 4.84. The molecular weight excluding hydrogens is 250 g/mol. The molecule has 2 aromatic rings. The maximum Gasteiger partial charge on any atom is 0.312 e. The Morgan fingerprint density at radius 2 is 2.06 bits per heavy atom. The molecule has 0 radical (unpaired) electrons. The molecule has 2 N–H and O–H groups in total. The Morgan fingerprint density at radius 3 is 2.83 bits per heavy atom. The van der Waals surface area contributed by atoms with Crippen molar-refractivity contribution in [2.75, 3.05) is 6.54 Å². The van der Waals surface area contributed by atoms with E-state index in [9.17, 15) is 9.59 Å². The molecule has 0 spiro atoms. The molecule has 0 aliphatic rings. The first kappa shape index (κ1) is 12.6. The van der Waals surface area contributed by atoms with Gasteiger partial charge in [0.25, 0.3) is 0 Å². The molecule has 5 heteroatoms. The van der Waals surface area contributed by atoms with Crippen molar-refractivity contribution in [2.45, 2.75) is 12.8 Å². The van der Waals surface area contributed by atoms with Gasteiger partial charge in [0.2, 0.25) is 5.91 Å². The Kier molecular flexibility index (Phi) is 3.94. The number of carboxylic acids is 1. The number of carboxylic acid groups (broad SMARTS) is 1. The third-order valence-electron chi connectivity index (χ3n) is 2.59. The van der Waals surface area contributed by atoms with Crippen LogP contribution in [0.5, 0.6) is 0 Å². The van der Waals surface area contributed by atoms with Crippen LogP contribution in [0.3, 0.4) is 0 Å². The lowest BCUT2D eigenvalue weighted by molar-refractivity contribution is -0.140. The Bertz CT molecular complexity index is 576. The van der Waals surface area contributed by atoms with Gasteiger partial charge in [-0.1, -0.05) is 18.2 Å². The summed E-state index contributed by atoms with van der Waals surface area (Å²) >= 11 is 1.68. The van der Waals surface area contributed by atoms with Crippen LogP contribution in [0.4, 0.5) is 0 Å². The van der Waals surface area contributed by atoms with E-state index in [0.29, 0.717) is 6.54 Å². The van der Waals surface area contributed by atoms with Crippen molar-refractivity contribution in [1.29, 1.82) is 0 Å². The van der Waals surface area contributed by atoms with Gasteiger partial charge in [0.05, 0.1) is 0 Å². The lowest BCUT2D eigenvalue weighted by Gasteiger charge is -2.02. The number of aliphatic carboxylic acids is 1. The Morgan fingerprint density at radius 1 is 1.28 bits per heavy atom. The number of benzene rings is 1. The van der Waals surface area contributed by atoms with Crippen LogP contribution >= 0.6 is 11.3 Å². The quantitative estimate of drug-likeness (QED) is 0.811. The predicted octanol–water partition coefficient (Wildman–Crippen LogP) is 2.03. The fraction of sp³-hybridized carbons (Fsp3) is 0.231. The molecule has 1 aromatic carbocycles. The smallest absolute Gasteiger partial charge is 0.312 e. The number of hydrogen-bond donors (Lipinski definition) is 2. The van der Waals surface area contributed by atoms with Gasteiger partial charge in [0.15, 0.2) is 0 Å². The second kappa shape index (κ2) is 5.64. The van der Waals surface area contributed by atoms with Crippen molar-refractivity contribution in [2.24, 2.45) is 0 Å². The minimum Gasteiger partial charge on any atom is -0.481 e. The van der Waals surface area contributed by atoms with E-state index >= 15 is 0 Å². The molecule has 4 nitrogen and oxygen atoms in total. The molecule has 0 atom stereocenters. The molecular formula is C13H13NO3S. The summed E-state index contributed by atoms with van der Waals surface area (Å²) in [6.07, 6.45) is 0.250. The van der Waals surface area contributed by atoms with Crippen LogP contribution in [-0.4, -0.2) is 23.5 Å². The van der Waals surface area contributed by atoms with E-state index in [2.05, 4.69) is 22.8 Å². The molecule has 18 heavy (non-hydrogen) atoms. The number of fused-ring (bicyclic) bond motifs is 1. The van der Waals surface area contributed by atoms with Crippen LogP contribution in [0.2, 0.25) is 0 Å². The van der Waals surface area contributed by atoms with Gasteiger partial charge >= 0.3 is 5.97 Å². The number of carbonyl (C=O) groups excluding carboxylic acids is 1. The first-order valence-corrected chi connectivity index (χ1v) is 6.48. The zero-order chi connectivity index (χ0) is 13.0. The first-order valence-electron chi connectivity index (χ1n) is 5.60. The van der Waals surface area contributed by atoms with Crippen LogP contribution in [-0.2, 0) is 16.0 Å². The molecule has 0 saturated carbocycles. The first-order chi connectivity index (χ1) is 8.66. The van der Waals surface area contributed by atoms with Gasteiger partial charge in [-0.3, -0.25) is 9.59 Å². The zero-order valence-electron chi connectivity index (χ0n) is 9.68. The highest BCUT2D eigenvalue weighted by atomic mass is 32.1. The summed E-state index contributed by atoms with van der Waals surface area (Å²) in [5, 5.41) is 14.3. The third kappa shape index (κ3) is 3.07. The molecule has 1 amide bonds. The van der Waals surface area contributed by atoms with Gasteiger partial charge in [-0.25, -0.2) is 0 Å². The topological polar surface area (TPSA) is 66.4 Å². The molecule has 0 fully saturated rings. The summed E-state index contributed by atoms with van der Waals surface area (Å²) in [7, 11) is 0. The molecule has 1 heterocycles. The summed E-state index contributed by atoms with van der Waals surface area (Å²) < 4.78 is 1.23. The molecule has 94 valence electrons. The second-order valence-electron chi connectivity index (χ2n) is 3.93. The van der Waals surface area contributed by atoms with E-state index in [1.54, 1.807) is 11.3 Å². The van der Waals surface area contributed by atoms with Crippen LogP contribution < -0.4 is 5.32 Å². The number of carbonyl (C=O) groups is 2. The molecule has 0 aliphatic carbocycles. The van der Waals surface area contributed by atoms with Crippen LogP contribution in [0.1, 0.15) is 12.0 Å². The minimum absolute atomic E-state index is 0.443. The van der Waals surface area contributed by atoms with E-state index in [0.717, 1.165) is 6.42 Å². The van der Waals surface area contributed by atoms with Crippen LogP contribution in [0, 0.1) is 0 Å². The highest BCUT2D eigenvalue weighted by Crippen LogP contribution is 2.25. The normalized spacial score (nSPS) is 10.4. The summed E-state index contributed by atoms with van der Waals surface area (Å²) in [5.74, 6) is -1.55. The highest BCUT2D eigenvalue weighted by molar-refractivity contribution is 7.17. The molecule has 0 unspecified atom stereocenters. The average Bonchev–Trinajstić information content (AvgIpc) is 2.72. The summed E-state index contributed by atoms with van der Waals surface area (Å²) in [4.78, 5) is 21.5. The molecule has 2 rings (SSSR count). The molecule has 1 aromatic heterocycles. The number of nitrogens with one attached hydrogen (secondary N) is 1. The Hall–Kier alpha value is -1.88. The largest absolute Gasteiger partial charge is 0.481 e. The average molecular weight is 263 g/mol. The van der Waals surface area contributed by atoms with Gasteiger partial charge in [-0.15, -0.1) is 11.3 Å². The lowest BCUT2D eigenvalue weighted by Crippen LogP contribution is -2.27.